The average Bonchev–Trinajstić information content (AvgIpc) is 2.51. The molecule has 0 atom stereocenters. The molecule has 1 aromatic carbocycles. The second-order valence-corrected chi connectivity index (χ2v) is 5.17. The molecule has 0 bridgehead atoms. The Hall–Kier alpha value is -2.08. The SMILES string of the molecule is COC(=O)COc1ccc(NCc2cncc(Br)c2)cc1. The number of ether oxygens (including phenoxy) is 2. The fourth-order valence-corrected chi connectivity index (χ4v) is 2.04. The molecule has 0 spiro atoms. The lowest BCUT2D eigenvalue weighted by Crippen LogP contribution is -2.12. The van der Waals surface area contributed by atoms with Crippen molar-refractivity contribution in [3.8, 4) is 5.75 Å². The number of nitrogens with zero attached hydrogens (tertiary/aromatic N) is 1. The van der Waals surface area contributed by atoms with Gasteiger partial charge in [0, 0.05) is 29.1 Å². The molecule has 110 valence electrons. The molecule has 0 radical (unpaired) electrons. The molecule has 0 aliphatic carbocycles. The summed E-state index contributed by atoms with van der Waals surface area (Å²) in [4.78, 5) is 15.1. The molecule has 0 saturated carbocycles. The predicted octanol–water partition coefficient (Wildman–Crippen LogP) is 3.01. The van der Waals surface area contributed by atoms with E-state index in [4.69, 9.17) is 4.74 Å². The van der Waals surface area contributed by atoms with Crippen LogP contribution in [0.2, 0.25) is 0 Å². The Labute approximate surface area is 131 Å². The van der Waals surface area contributed by atoms with Gasteiger partial charge in [-0.1, -0.05) is 0 Å². The molecule has 6 heteroatoms. The van der Waals surface area contributed by atoms with E-state index in [1.165, 1.54) is 7.11 Å². The number of hydrogen-bond acceptors (Lipinski definition) is 5. The number of aromatic nitrogens is 1. The van der Waals surface area contributed by atoms with E-state index in [1.807, 2.05) is 24.4 Å². The Balaban J connectivity index is 1.86. The molecule has 2 rings (SSSR count). The topological polar surface area (TPSA) is 60.5 Å². The van der Waals surface area contributed by atoms with Gasteiger partial charge in [-0.15, -0.1) is 0 Å². The van der Waals surface area contributed by atoms with Gasteiger partial charge in [0.1, 0.15) is 5.75 Å². The smallest absolute Gasteiger partial charge is 0.343 e. The molecule has 5 nitrogen and oxygen atoms in total. The molecule has 1 N–H and O–H groups in total. The maximum atomic E-state index is 11.0. The zero-order valence-corrected chi connectivity index (χ0v) is 13.1. The quantitative estimate of drug-likeness (QED) is 0.811. The van der Waals surface area contributed by atoms with E-state index in [0.29, 0.717) is 12.3 Å². The average molecular weight is 351 g/mol. The van der Waals surface area contributed by atoms with Crippen molar-refractivity contribution >= 4 is 27.6 Å². The number of hydrogen-bond donors (Lipinski definition) is 1. The third kappa shape index (κ3) is 5.07. The number of anilines is 1. The second-order valence-electron chi connectivity index (χ2n) is 4.25. The molecule has 0 fully saturated rings. The first-order valence-corrected chi connectivity index (χ1v) is 7.09. The fourth-order valence-electron chi connectivity index (χ4n) is 1.63. The third-order valence-corrected chi connectivity index (χ3v) is 3.13. The van der Waals surface area contributed by atoms with Gasteiger partial charge in [0.25, 0.3) is 0 Å². The van der Waals surface area contributed by atoms with Gasteiger partial charge in [-0.25, -0.2) is 4.79 Å². The van der Waals surface area contributed by atoms with Crippen molar-refractivity contribution in [3.63, 3.8) is 0 Å². The van der Waals surface area contributed by atoms with Crippen LogP contribution >= 0.6 is 15.9 Å². The highest BCUT2D eigenvalue weighted by Crippen LogP contribution is 2.17. The molecule has 0 aliphatic rings. The van der Waals surface area contributed by atoms with E-state index in [0.717, 1.165) is 15.7 Å². The summed E-state index contributed by atoms with van der Waals surface area (Å²) in [5, 5.41) is 3.28. The molecule has 21 heavy (non-hydrogen) atoms. The molecule has 0 saturated heterocycles. The minimum absolute atomic E-state index is 0.0903. The van der Waals surface area contributed by atoms with E-state index < -0.39 is 5.97 Å². The number of carbonyl (C=O) groups excluding carboxylic acids is 1. The minimum Gasteiger partial charge on any atom is -0.482 e. The summed E-state index contributed by atoms with van der Waals surface area (Å²) < 4.78 is 10.7. The van der Waals surface area contributed by atoms with E-state index in [-0.39, 0.29) is 6.61 Å². The Kier molecular flexibility index (Phi) is 5.57. The lowest BCUT2D eigenvalue weighted by molar-refractivity contribution is -0.142. The minimum atomic E-state index is -0.403. The van der Waals surface area contributed by atoms with Gasteiger partial charge in [-0.3, -0.25) is 4.98 Å². The highest BCUT2D eigenvalue weighted by Gasteiger charge is 2.02. The van der Waals surface area contributed by atoms with Gasteiger partial charge < -0.3 is 14.8 Å². The van der Waals surface area contributed by atoms with Crippen molar-refractivity contribution in [2.24, 2.45) is 0 Å². The van der Waals surface area contributed by atoms with Crippen LogP contribution in [0.25, 0.3) is 0 Å². The van der Waals surface area contributed by atoms with Crippen molar-refractivity contribution in [1.29, 1.82) is 0 Å². The number of nitrogens with one attached hydrogen (secondary N) is 1. The van der Waals surface area contributed by atoms with E-state index >= 15 is 0 Å². The van der Waals surface area contributed by atoms with Crippen molar-refractivity contribution in [1.82, 2.24) is 4.98 Å². The second kappa shape index (κ2) is 7.64. The van der Waals surface area contributed by atoms with Crippen molar-refractivity contribution in [2.75, 3.05) is 19.0 Å². The first kappa shape index (κ1) is 15.3. The van der Waals surface area contributed by atoms with Crippen LogP contribution < -0.4 is 10.1 Å². The van der Waals surface area contributed by atoms with Gasteiger partial charge in [0.2, 0.25) is 0 Å². The molecule has 0 amide bonds. The van der Waals surface area contributed by atoms with Crippen molar-refractivity contribution in [2.45, 2.75) is 6.54 Å². The Morgan fingerprint density at radius 3 is 2.71 bits per heavy atom. The van der Waals surface area contributed by atoms with Crippen LogP contribution in [0.15, 0.2) is 47.2 Å². The normalized spacial score (nSPS) is 10.0. The van der Waals surface area contributed by atoms with Crippen LogP contribution in [0.1, 0.15) is 5.56 Å². The summed E-state index contributed by atoms with van der Waals surface area (Å²) in [6.45, 7) is 0.585. The Morgan fingerprint density at radius 2 is 2.05 bits per heavy atom. The number of rotatable bonds is 6. The first-order chi connectivity index (χ1) is 10.2. The number of halogens is 1. The van der Waals surface area contributed by atoms with Gasteiger partial charge in [0.05, 0.1) is 7.11 Å². The molecule has 1 heterocycles. The van der Waals surface area contributed by atoms with E-state index in [2.05, 4.69) is 31.0 Å². The predicted molar refractivity (Wildman–Crippen MR) is 83.2 cm³/mol. The summed E-state index contributed by atoms with van der Waals surface area (Å²) >= 11 is 3.39. The molecule has 2 aromatic rings. The van der Waals surface area contributed by atoms with Crippen LogP contribution in [-0.4, -0.2) is 24.7 Å². The lowest BCUT2D eigenvalue weighted by atomic mass is 10.2. The summed E-state index contributed by atoms with van der Waals surface area (Å²) in [6.07, 6.45) is 3.56. The highest BCUT2D eigenvalue weighted by atomic mass is 79.9. The van der Waals surface area contributed by atoms with Crippen LogP contribution in [0, 0.1) is 0 Å². The number of methoxy groups -OCH3 is 1. The van der Waals surface area contributed by atoms with Crippen molar-refractivity contribution < 1.29 is 14.3 Å². The maximum absolute atomic E-state index is 11.0. The number of benzene rings is 1. The number of esters is 1. The largest absolute Gasteiger partial charge is 0.482 e. The summed E-state index contributed by atoms with van der Waals surface area (Å²) in [5.74, 6) is 0.217. The van der Waals surface area contributed by atoms with E-state index in [9.17, 15) is 4.79 Å². The van der Waals surface area contributed by atoms with Crippen LogP contribution in [0.5, 0.6) is 5.75 Å². The molecule has 1 aromatic heterocycles. The van der Waals surface area contributed by atoms with E-state index in [1.54, 1.807) is 18.3 Å². The van der Waals surface area contributed by atoms with Gasteiger partial charge in [0.15, 0.2) is 6.61 Å². The summed E-state index contributed by atoms with van der Waals surface area (Å²) in [5.41, 5.74) is 2.04. The van der Waals surface area contributed by atoms with Crippen LogP contribution in [0.3, 0.4) is 0 Å². The maximum Gasteiger partial charge on any atom is 0.343 e. The van der Waals surface area contributed by atoms with Crippen LogP contribution in [0.4, 0.5) is 5.69 Å². The lowest BCUT2D eigenvalue weighted by Gasteiger charge is -2.08. The monoisotopic (exact) mass is 350 g/mol. The van der Waals surface area contributed by atoms with Crippen molar-refractivity contribution in [3.05, 3.63) is 52.8 Å². The fraction of sp³-hybridized carbons (Fsp3) is 0.200. The third-order valence-electron chi connectivity index (χ3n) is 2.70. The standard InChI is InChI=1S/C15H15BrN2O3/c1-20-15(19)10-21-14-4-2-13(3-5-14)18-8-11-6-12(16)9-17-7-11/h2-7,9,18H,8,10H2,1H3. The summed E-state index contributed by atoms with van der Waals surface area (Å²) in [6, 6.07) is 9.37. The van der Waals surface area contributed by atoms with Gasteiger partial charge in [-0.2, -0.15) is 0 Å². The van der Waals surface area contributed by atoms with Gasteiger partial charge >= 0.3 is 5.97 Å². The number of pyridine rings is 1. The number of carbonyl (C=O) groups is 1. The zero-order chi connectivity index (χ0) is 15.1. The van der Waals surface area contributed by atoms with Crippen LogP contribution in [-0.2, 0) is 16.1 Å². The Morgan fingerprint density at radius 1 is 1.29 bits per heavy atom. The Bertz CT molecular complexity index is 602. The molecular weight excluding hydrogens is 336 g/mol. The molecular formula is C15H15BrN2O3. The van der Waals surface area contributed by atoms with Gasteiger partial charge in [-0.05, 0) is 51.8 Å². The molecule has 0 unspecified atom stereocenters. The first-order valence-electron chi connectivity index (χ1n) is 6.30. The zero-order valence-electron chi connectivity index (χ0n) is 11.5. The summed E-state index contributed by atoms with van der Waals surface area (Å²) in [7, 11) is 1.33. The molecule has 0 aliphatic heterocycles. The highest BCUT2D eigenvalue weighted by molar-refractivity contribution is 9.10.